The summed E-state index contributed by atoms with van der Waals surface area (Å²) in [6.07, 6.45) is 7.24. The number of hydrogen-bond donors (Lipinski definition) is 5. The molecule has 4 aromatic rings. The van der Waals surface area contributed by atoms with Crippen LogP contribution in [0.2, 0.25) is 0 Å². The van der Waals surface area contributed by atoms with Gasteiger partial charge < -0.3 is 55.1 Å². The molecule has 392 valence electrons. The molecule has 4 amide bonds. The number of rotatable bonds is 29. The van der Waals surface area contributed by atoms with E-state index in [1.165, 1.54) is 4.90 Å². The van der Waals surface area contributed by atoms with Gasteiger partial charge in [-0.15, -0.1) is 11.3 Å². The highest BCUT2D eigenvalue weighted by molar-refractivity contribution is 7.13. The number of amides is 4. The smallest absolute Gasteiger partial charge is 0.246 e. The number of aliphatic hydroxyl groups is 1. The molecular formula is C53H75N9O9S. The number of aliphatic hydroxyl groups excluding tert-OH is 1. The van der Waals surface area contributed by atoms with E-state index in [0.717, 1.165) is 83.0 Å². The number of thiazole rings is 1. The minimum Gasteiger partial charge on any atom is -0.494 e. The zero-order valence-electron chi connectivity index (χ0n) is 42.9. The quantitative estimate of drug-likeness (QED) is 0.0371. The molecule has 72 heavy (non-hydrogen) atoms. The third-order valence-electron chi connectivity index (χ3n) is 12.7. The Bertz CT molecular complexity index is 2340. The highest BCUT2D eigenvalue weighted by Crippen LogP contribution is 2.30. The zero-order valence-corrected chi connectivity index (χ0v) is 43.7. The lowest BCUT2D eigenvalue weighted by Gasteiger charge is -2.35. The number of nitrogens with zero attached hydrogens (tertiary/aromatic N) is 5. The second-order valence-corrected chi connectivity index (χ2v) is 20.5. The van der Waals surface area contributed by atoms with Gasteiger partial charge in [0.25, 0.3) is 0 Å². The van der Waals surface area contributed by atoms with Gasteiger partial charge in [-0.3, -0.25) is 19.2 Å². The first kappa shape index (κ1) is 55.6. The number of carbonyl (C=O) groups is 4. The molecule has 18 nitrogen and oxygen atoms in total. The predicted molar refractivity (Wildman–Crippen MR) is 278 cm³/mol. The highest BCUT2D eigenvalue weighted by atomic mass is 32.1. The Kier molecular flexibility index (Phi) is 21.6. The first-order valence-corrected chi connectivity index (χ1v) is 26.1. The maximum absolute atomic E-state index is 13.9. The van der Waals surface area contributed by atoms with Crippen molar-refractivity contribution < 1.29 is 43.2 Å². The molecule has 1 saturated carbocycles. The molecule has 6 rings (SSSR count). The minimum atomic E-state index is -0.940. The monoisotopic (exact) mass is 1010 g/mol. The molecule has 0 bridgehead atoms. The van der Waals surface area contributed by atoms with E-state index >= 15 is 0 Å². The number of hydrogen-bond acceptors (Lipinski definition) is 15. The maximum atomic E-state index is 13.9. The van der Waals surface area contributed by atoms with Crippen LogP contribution in [0.5, 0.6) is 5.75 Å². The van der Waals surface area contributed by atoms with Gasteiger partial charge in [-0.05, 0) is 86.8 Å². The summed E-state index contributed by atoms with van der Waals surface area (Å²) in [5, 5.41) is 22.9. The summed E-state index contributed by atoms with van der Waals surface area (Å²) >= 11 is 1.58. The molecule has 1 aliphatic carbocycles. The molecule has 1 aliphatic heterocycles. The average molecular weight is 1010 g/mol. The fraction of sp³-hybridized carbons (Fsp3) is 0.566. The van der Waals surface area contributed by atoms with Crippen molar-refractivity contribution in [1.29, 1.82) is 0 Å². The fourth-order valence-corrected chi connectivity index (χ4v) is 9.05. The van der Waals surface area contributed by atoms with Crippen molar-refractivity contribution in [3.8, 4) is 16.2 Å². The predicted octanol–water partition coefficient (Wildman–Crippen LogP) is 6.43. The summed E-state index contributed by atoms with van der Waals surface area (Å²) in [5.74, 6) is 1.16. The van der Waals surface area contributed by atoms with Gasteiger partial charge in [-0.1, -0.05) is 51.5 Å². The molecule has 3 atom stereocenters. The van der Waals surface area contributed by atoms with Crippen molar-refractivity contribution in [1.82, 2.24) is 35.4 Å². The number of aryl methyl sites for hydroxylation is 2. The lowest BCUT2D eigenvalue weighted by Crippen LogP contribution is -2.58. The Hall–Kier alpha value is -5.73. The molecule has 2 fully saturated rings. The van der Waals surface area contributed by atoms with E-state index in [4.69, 9.17) is 18.9 Å². The van der Waals surface area contributed by atoms with Gasteiger partial charge in [0.1, 0.15) is 30.3 Å². The number of carbonyl (C=O) groups excluding carboxylic acids is 4. The van der Waals surface area contributed by atoms with Crippen molar-refractivity contribution in [3.05, 3.63) is 77.1 Å². The number of likely N-dealkylation sites (N-methyl/N-ethyl adjacent to an activating group) is 1. The van der Waals surface area contributed by atoms with Crippen LogP contribution in [0, 0.1) is 25.2 Å². The highest BCUT2D eigenvalue weighted by Gasteiger charge is 2.44. The van der Waals surface area contributed by atoms with E-state index < -0.39 is 35.4 Å². The number of unbranched alkanes of at least 4 members (excludes halogenated alkanes) is 1. The summed E-state index contributed by atoms with van der Waals surface area (Å²) in [4.78, 5) is 70.4. The third kappa shape index (κ3) is 17.2. The standard InChI is InChI=1S/C53H75N9O9S/c1-36-31-56-52(60-48(36)54-22-23-61(6)50(66)40-12-9-13-40)58-41-18-20-43(21-19-41)71-29-11-27-69-25-8-7-24-68-26-10-28-70-34-45(64)59-47(53(3,4)5)51(67)62-33-42(63)30-44(62)49(65)55-32-38-14-16-39(17-15-38)46-37(2)57-35-72-46/h14-21,31,35,40,42,44,47,63H,7-13,22-30,32-34H2,1-6H3,(H,55,65)(H,59,64)(H2,54,56,58,60)/t42-,44+,47-/m1/s1. The second kappa shape index (κ2) is 27.9. The van der Waals surface area contributed by atoms with E-state index in [9.17, 15) is 24.3 Å². The number of benzene rings is 2. The SMILES string of the molecule is Cc1cnc(Nc2ccc(OCCCOCCCCOCCCOCC(=O)N[C@H](C(=O)N3C[C@H](O)C[C@H]3C(=O)NCc3ccc(-c4scnc4C)cc3)C(C)(C)C)cc2)nc1NCCN(C)C(=O)C1CCC1. The molecule has 2 aliphatic rings. The van der Waals surface area contributed by atoms with E-state index in [0.29, 0.717) is 65.1 Å². The zero-order chi connectivity index (χ0) is 51.5. The number of nitrogens with one attached hydrogen (secondary N) is 4. The van der Waals surface area contributed by atoms with Crippen molar-refractivity contribution in [2.75, 3.05) is 83.6 Å². The Morgan fingerprint density at radius 2 is 1.57 bits per heavy atom. The minimum absolute atomic E-state index is 0.00267. The number of likely N-dealkylation sites (tertiary alicyclic amines) is 1. The van der Waals surface area contributed by atoms with Crippen LogP contribution in [-0.2, 0) is 39.9 Å². The van der Waals surface area contributed by atoms with Crippen LogP contribution in [0.25, 0.3) is 10.4 Å². The van der Waals surface area contributed by atoms with Crippen molar-refractivity contribution in [3.63, 3.8) is 0 Å². The largest absolute Gasteiger partial charge is 0.494 e. The van der Waals surface area contributed by atoms with Crippen LogP contribution in [0.15, 0.2) is 60.2 Å². The maximum Gasteiger partial charge on any atom is 0.246 e. The van der Waals surface area contributed by atoms with Crippen LogP contribution in [-0.4, -0.2) is 145 Å². The average Bonchev–Trinajstić information content (AvgIpc) is 3.96. The number of anilines is 3. The first-order valence-electron chi connectivity index (χ1n) is 25.3. The summed E-state index contributed by atoms with van der Waals surface area (Å²) in [5.41, 5.74) is 5.82. The number of β-amino-alcohol motifs (C(OH)–C–C–N with tert-alkyl or cyclic N) is 1. The number of aromatic nitrogens is 3. The third-order valence-corrected chi connectivity index (χ3v) is 13.7. The Balaban J connectivity index is 0.767. The van der Waals surface area contributed by atoms with Gasteiger partial charge >= 0.3 is 0 Å². The molecule has 19 heteroatoms. The molecule has 3 heterocycles. The molecule has 0 radical (unpaired) electrons. The van der Waals surface area contributed by atoms with Crippen molar-refractivity contribution >= 4 is 52.4 Å². The van der Waals surface area contributed by atoms with Gasteiger partial charge in [0.2, 0.25) is 29.6 Å². The van der Waals surface area contributed by atoms with E-state index in [-0.39, 0.29) is 43.8 Å². The molecule has 1 saturated heterocycles. The fourth-order valence-electron chi connectivity index (χ4n) is 8.24. The Morgan fingerprint density at radius 3 is 2.22 bits per heavy atom. The molecule has 0 spiro atoms. The van der Waals surface area contributed by atoms with Gasteiger partial charge in [-0.25, -0.2) is 9.97 Å². The Labute approximate surface area is 428 Å². The molecular weight excluding hydrogens is 939 g/mol. The molecule has 0 unspecified atom stereocenters. The van der Waals surface area contributed by atoms with E-state index in [1.54, 1.807) is 22.4 Å². The lowest BCUT2D eigenvalue weighted by molar-refractivity contribution is -0.144. The second-order valence-electron chi connectivity index (χ2n) is 19.7. The van der Waals surface area contributed by atoms with Crippen LogP contribution >= 0.6 is 11.3 Å². The lowest BCUT2D eigenvalue weighted by atomic mass is 9.84. The Morgan fingerprint density at radius 1 is 0.889 bits per heavy atom. The molecule has 5 N–H and O–H groups in total. The topological polar surface area (TPSA) is 219 Å². The summed E-state index contributed by atoms with van der Waals surface area (Å²) in [7, 11) is 1.86. The molecule has 2 aromatic heterocycles. The van der Waals surface area contributed by atoms with Crippen LogP contribution < -0.4 is 26.0 Å². The van der Waals surface area contributed by atoms with E-state index in [2.05, 4.69) is 36.2 Å². The van der Waals surface area contributed by atoms with Crippen molar-refractivity contribution in [2.24, 2.45) is 11.3 Å². The summed E-state index contributed by atoms with van der Waals surface area (Å²) in [6.45, 7) is 13.9. The van der Waals surface area contributed by atoms with Gasteiger partial charge in [0.05, 0.1) is 28.8 Å². The summed E-state index contributed by atoms with van der Waals surface area (Å²) < 4.78 is 23.0. The van der Waals surface area contributed by atoms with Gasteiger partial charge in [-0.2, -0.15) is 4.98 Å². The first-order chi connectivity index (χ1) is 34.7. The van der Waals surface area contributed by atoms with Gasteiger partial charge in [0, 0.05) is 102 Å². The van der Waals surface area contributed by atoms with E-state index in [1.807, 2.05) is 95.7 Å². The normalized spacial score (nSPS) is 16.2. The molecule has 2 aromatic carbocycles. The van der Waals surface area contributed by atoms with Crippen LogP contribution in [0.4, 0.5) is 17.5 Å². The van der Waals surface area contributed by atoms with Crippen LogP contribution in [0.1, 0.15) is 89.0 Å². The summed E-state index contributed by atoms with van der Waals surface area (Å²) in [6, 6.07) is 13.7. The number of ether oxygens (including phenoxy) is 4. The van der Waals surface area contributed by atoms with Gasteiger partial charge in [0.15, 0.2) is 0 Å². The van der Waals surface area contributed by atoms with Crippen molar-refractivity contribution in [2.45, 2.75) is 111 Å². The van der Waals surface area contributed by atoms with Crippen LogP contribution in [0.3, 0.4) is 0 Å².